The molecule has 1 fully saturated rings. The average Bonchev–Trinajstić information content (AvgIpc) is 2.36. The molecule has 0 saturated carbocycles. The van der Waals surface area contributed by atoms with Gasteiger partial charge in [0.2, 0.25) is 0 Å². The molecule has 3 N–H and O–H groups in total. The first kappa shape index (κ1) is 13.7. The summed E-state index contributed by atoms with van der Waals surface area (Å²) in [6, 6.07) is 5.75. The van der Waals surface area contributed by atoms with Crippen molar-refractivity contribution in [2.45, 2.75) is 25.9 Å². The summed E-state index contributed by atoms with van der Waals surface area (Å²) in [6.45, 7) is 5.16. The van der Waals surface area contributed by atoms with Crippen molar-refractivity contribution in [3.05, 3.63) is 28.8 Å². The summed E-state index contributed by atoms with van der Waals surface area (Å²) in [5.41, 5.74) is 7.58. The van der Waals surface area contributed by atoms with Gasteiger partial charge in [-0.25, -0.2) is 0 Å². The molecule has 0 amide bonds. The number of nitrogens with two attached hydrogens (primary N) is 1. The van der Waals surface area contributed by atoms with Crippen LogP contribution < -0.4 is 5.73 Å². The predicted octanol–water partition coefficient (Wildman–Crippen LogP) is 2.17. The number of hydrogen-bond donors (Lipinski definition) is 2. The van der Waals surface area contributed by atoms with E-state index in [1.807, 2.05) is 18.2 Å². The number of aliphatic hydroxyl groups excluding tert-OH is 1. The lowest BCUT2D eigenvalue weighted by Gasteiger charge is -2.35. The number of nitrogens with zero attached hydrogens (tertiary/aromatic N) is 1. The third-order valence-electron chi connectivity index (χ3n) is 3.78. The molecule has 4 heteroatoms. The normalized spacial score (nSPS) is 25.3. The van der Waals surface area contributed by atoms with Crippen molar-refractivity contribution in [2.75, 3.05) is 25.4 Å². The molecule has 0 bridgehead atoms. The molecular formula is C14H21ClN2O. The monoisotopic (exact) mass is 268 g/mol. The molecule has 0 spiro atoms. The van der Waals surface area contributed by atoms with Gasteiger partial charge < -0.3 is 15.7 Å². The maximum Gasteiger partial charge on any atom is 0.0635 e. The number of anilines is 1. The highest BCUT2D eigenvalue weighted by Gasteiger charge is 2.27. The van der Waals surface area contributed by atoms with Crippen molar-refractivity contribution in [3.63, 3.8) is 0 Å². The van der Waals surface area contributed by atoms with Crippen LogP contribution in [-0.2, 0) is 6.42 Å². The van der Waals surface area contributed by atoms with Gasteiger partial charge in [-0.1, -0.05) is 24.6 Å². The van der Waals surface area contributed by atoms with Crippen LogP contribution in [0.3, 0.4) is 0 Å². The molecule has 1 saturated heterocycles. The van der Waals surface area contributed by atoms with Gasteiger partial charge in [0.1, 0.15) is 0 Å². The predicted molar refractivity (Wildman–Crippen MR) is 75.8 cm³/mol. The SMILES string of the molecule is CCN1CCC(O)C(Cc2ccc(Cl)c(N)c2)C1. The Morgan fingerprint density at radius 1 is 1.50 bits per heavy atom. The maximum absolute atomic E-state index is 10.1. The smallest absolute Gasteiger partial charge is 0.0635 e. The van der Waals surface area contributed by atoms with E-state index in [0.717, 1.165) is 38.0 Å². The number of halogens is 1. The highest BCUT2D eigenvalue weighted by Crippen LogP contribution is 2.25. The first-order valence-corrected chi connectivity index (χ1v) is 6.92. The van der Waals surface area contributed by atoms with E-state index in [-0.39, 0.29) is 6.10 Å². The van der Waals surface area contributed by atoms with E-state index in [4.69, 9.17) is 17.3 Å². The Hall–Kier alpha value is -0.770. The summed E-state index contributed by atoms with van der Waals surface area (Å²) < 4.78 is 0. The number of rotatable bonds is 3. The molecule has 2 unspecified atom stereocenters. The lowest BCUT2D eigenvalue weighted by Crippen LogP contribution is -2.43. The molecule has 1 aliphatic heterocycles. The summed E-state index contributed by atoms with van der Waals surface area (Å²) in [4.78, 5) is 2.39. The van der Waals surface area contributed by atoms with Gasteiger partial charge in [-0.05, 0) is 37.1 Å². The van der Waals surface area contributed by atoms with E-state index in [1.165, 1.54) is 0 Å². The molecule has 1 aromatic carbocycles. The summed E-state index contributed by atoms with van der Waals surface area (Å²) in [5.74, 6) is 0.291. The fourth-order valence-electron chi connectivity index (χ4n) is 2.61. The van der Waals surface area contributed by atoms with E-state index in [2.05, 4.69) is 11.8 Å². The van der Waals surface area contributed by atoms with Gasteiger partial charge in [-0.15, -0.1) is 0 Å². The highest BCUT2D eigenvalue weighted by atomic mass is 35.5. The first-order valence-electron chi connectivity index (χ1n) is 6.54. The van der Waals surface area contributed by atoms with Crippen LogP contribution in [0, 0.1) is 5.92 Å². The zero-order valence-electron chi connectivity index (χ0n) is 10.8. The van der Waals surface area contributed by atoms with E-state index >= 15 is 0 Å². The first-order chi connectivity index (χ1) is 8.60. The zero-order chi connectivity index (χ0) is 13.1. The molecule has 1 aromatic rings. The van der Waals surface area contributed by atoms with E-state index in [1.54, 1.807) is 0 Å². The Balaban J connectivity index is 2.04. The number of nitrogen functional groups attached to an aromatic ring is 1. The summed E-state index contributed by atoms with van der Waals surface area (Å²) in [5, 5.41) is 10.7. The van der Waals surface area contributed by atoms with Crippen LogP contribution in [-0.4, -0.2) is 35.7 Å². The Bertz CT molecular complexity index is 411. The van der Waals surface area contributed by atoms with Crippen LogP contribution in [0.1, 0.15) is 18.9 Å². The van der Waals surface area contributed by atoms with Crippen LogP contribution >= 0.6 is 11.6 Å². The average molecular weight is 269 g/mol. The van der Waals surface area contributed by atoms with Crippen LogP contribution in [0.2, 0.25) is 5.02 Å². The Morgan fingerprint density at radius 2 is 2.28 bits per heavy atom. The van der Waals surface area contributed by atoms with Crippen molar-refractivity contribution < 1.29 is 5.11 Å². The lowest BCUT2D eigenvalue weighted by molar-refractivity contribution is 0.0290. The number of piperidine rings is 1. The van der Waals surface area contributed by atoms with Crippen molar-refractivity contribution in [1.82, 2.24) is 4.90 Å². The third-order valence-corrected chi connectivity index (χ3v) is 4.13. The van der Waals surface area contributed by atoms with Gasteiger partial charge in [-0.2, -0.15) is 0 Å². The Labute approximate surface area is 114 Å². The Morgan fingerprint density at radius 3 is 2.94 bits per heavy atom. The number of likely N-dealkylation sites (tertiary alicyclic amines) is 1. The minimum Gasteiger partial charge on any atom is -0.398 e. The van der Waals surface area contributed by atoms with Crippen molar-refractivity contribution >= 4 is 17.3 Å². The van der Waals surface area contributed by atoms with Gasteiger partial charge in [0.15, 0.2) is 0 Å². The van der Waals surface area contributed by atoms with Gasteiger partial charge >= 0.3 is 0 Å². The summed E-state index contributed by atoms with van der Waals surface area (Å²) in [6.07, 6.45) is 1.52. The largest absolute Gasteiger partial charge is 0.398 e. The minimum atomic E-state index is -0.204. The summed E-state index contributed by atoms with van der Waals surface area (Å²) in [7, 11) is 0. The quantitative estimate of drug-likeness (QED) is 0.826. The van der Waals surface area contributed by atoms with Crippen LogP contribution in [0.5, 0.6) is 0 Å². The van der Waals surface area contributed by atoms with Crippen molar-refractivity contribution in [1.29, 1.82) is 0 Å². The standard InChI is InChI=1S/C14H21ClN2O/c1-2-17-6-5-14(18)11(9-17)7-10-3-4-12(15)13(16)8-10/h3-4,8,11,14,18H,2,5-7,9,16H2,1H3. The molecule has 0 radical (unpaired) electrons. The van der Waals surface area contributed by atoms with E-state index in [9.17, 15) is 5.11 Å². The fourth-order valence-corrected chi connectivity index (χ4v) is 2.72. The van der Waals surface area contributed by atoms with Gasteiger partial charge in [0, 0.05) is 19.0 Å². The summed E-state index contributed by atoms with van der Waals surface area (Å²) >= 11 is 5.92. The fraction of sp³-hybridized carbons (Fsp3) is 0.571. The molecule has 0 aliphatic carbocycles. The van der Waals surface area contributed by atoms with Gasteiger partial charge in [0.05, 0.1) is 16.8 Å². The Kier molecular flexibility index (Phi) is 4.49. The van der Waals surface area contributed by atoms with E-state index in [0.29, 0.717) is 16.6 Å². The molecular weight excluding hydrogens is 248 g/mol. The third kappa shape index (κ3) is 3.16. The van der Waals surface area contributed by atoms with Crippen LogP contribution in [0.4, 0.5) is 5.69 Å². The molecule has 2 rings (SSSR count). The van der Waals surface area contributed by atoms with Crippen LogP contribution in [0.15, 0.2) is 18.2 Å². The van der Waals surface area contributed by atoms with Crippen molar-refractivity contribution in [3.8, 4) is 0 Å². The second-order valence-electron chi connectivity index (χ2n) is 5.07. The molecule has 100 valence electrons. The van der Waals surface area contributed by atoms with Gasteiger partial charge in [-0.3, -0.25) is 0 Å². The molecule has 1 heterocycles. The van der Waals surface area contributed by atoms with Gasteiger partial charge in [0.25, 0.3) is 0 Å². The molecule has 0 aromatic heterocycles. The molecule has 2 atom stereocenters. The van der Waals surface area contributed by atoms with E-state index < -0.39 is 0 Å². The maximum atomic E-state index is 10.1. The minimum absolute atomic E-state index is 0.204. The van der Waals surface area contributed by atoms with Crippen molar-refractivity contribution in [2.24, 2.45) is 5.92 Å². The zero-order valence-corrected chi connectivity index (χ0v) is 11.5. The van der Waals surface area contributed by atoms with Crippen LogP contribution in [0.25, 0.3) is 0 Å². The molecule has 18 heavy (non-hydrogen) atoms. The lowest BCUT2D eigenvalue weighted by atomic mass is 9.88. The second kappa shape index (κ2) is 5.91. The topological polar surface area (TPSA) is 49.5 Å². The number of aliphatic hydroxyl groups is 1. The number of benzene rings is 1. The second-order valence-corrected chi connectivity index (χ2v) is 5.48. The highest BCUT2D eigenvalue weighted by molar-refractivity contribution is 6.33. The number of hydrogen-bond acceptors (Lipinski definition) is 3. The molecule has 3 nitrogen and oxygen atoms in total. The molecule has 1 aliphatic rings.